The fourth-order valence-corrected chi connectivity index (χ4v) is 3.64. The van der Waals surface area contributed by atoms with Gasteiger partial charge in [-0.15, -0.1) is 0 Å². The summed E-state index contributed by atoms with van der Waals surface area (Å²) in [5.74, 6) is 0.649. The van der Waals surface area contributed by atoms with Crippen LogP contribution in [-0.2, 0) is 11.2 Å². The van der Waals surface area contributed by atoms with E-state index in [-0.39, 0.29) is 12.8 Å². The van der Waals surface area contributed by atoms with Crippen molar-refractivity contribution < 1.29 is 24.5 Å². The molecule has 2 heterocycles. The first-order valence-electron chi connectivity index (χ1n) is 9.60. The molecule has 2 aliphatic rings. The number of aliphatic carboxylic acids is 1. The Morgan fingerprint density at radius 3 is 2.61 bits per heavy atom. The minimum Gasteiger partial charge on any atom is -0.481 e. The Morgan fingerprint density at radius 1 is 1.14 bits per heavy atom. The predicted octanol–water partition coefficient (Wildman–Crippen LogP) is 3.29. The molecular formula is C22H27NO5. The van der Waals surface area contributed by atoms with Gasteiger partial charge in [0.1, 0.15) is 0 Å². The van der Waals surface area contributed by atoms with Crippen LogP contribution in [0.1, 0.15) is 43.4 Å². The minimum absolute atomic E-state index is 0.103. The largest absolute Gasteiger partial charge is 0.481 e. The molecule has 28 heavy (non-hydrogen) atoms. The van der Waals surface area contributed by atoms with E-state index in [9.17, 15) is 5.11 Å². The molecule has 3 N–H and O–H groups in total. The van der Waals surface area contributed by atoms with Gasteiger partial charge in [0.25, 0.3) is 5.97 Å². The van der Waals surface area contributed by atoms with Crippen LogP contribution in [0.15, 0.2) is 48.5 Å². The smallest absolute Gasteiger partial charge is 0.300 e. The number of aryl methyl sites for hydroxylation is 1. The molecule has 1 fully saturated rings. The molecule has 0 bridgehead atoms. The van der Waals surface area contributed by atoms with E-state index in [1.165, 1.54) is 5.56 Å². The lowest BCUT2D eigenvalue weighted by atomic mass is 10.0. The highest BCUT2D eigenvalue weighted by Gasteiger charge is 2.30. The van der Waals surface area contributed by atoms with Gasteiger partial charge in [0.05, 0.1) is 6.10 Å². The van der Waals surface area contributed by atoms with Crippen LogP contribution in [0.4, 0.5) is 0 Å². The van der Waals surface area contributed by atoms with Crippen molar-refractivity contribution in [3.05, 3.63) is 59.7 Å². The molecule has 4 rings (SSSR count). The van der Waals surface area contributed by atoms with Gasteiger partial charge in [-0.05, 0) is 48.9 Å². The molecule has 3 unspecified atom stereocenters. The summed E-state index contributed by atoms with van der Waals surface area (Å²) in [6, 6.07) is 16.8. The number of hydrogen-bond acceptors (Lipinski definition) is 5. The van der Waals surface area contributed by atoms with Crippen molar-refractivity contribution >= 4 is 5.97 Å². The maximum absolute atomic E-state index is 10.7. The number of rotatable bonds is 5. The Labute approximate surface area is 165 Å². The third kappa shape index (κ3) is 5.47. The predicted molar refractivity (Wildman–Crippen MR) is 106 cm³/mol. The van der Waals surface area contributed by atoms with Gasteiger partial charge in [-0.1, -0.05) is 36.4 Å². The number of nitrogens with one attached hydrogen (secondary N) is 1. The summed E-state index contributed by atoms with van der Waals surface area (Å²) in [7, 11) is 0. The molecular weight excluding hydrogens is 358 g/mol. The van der Waals surface area contributed by atoms with Crippen molar-refractivity contribution in [1.82, 2.24) is 5.32 Å². The monoisotopic (exact) mass is 385 g/mol. The zero-order valence-electron chi connectivity index (χ0n) is 16.0. The SMILES string of the molecule is CC(=O)O.OC(c1ccc2c(c1)OCO2)C1CCC(CCc2ccccc2)N1. The lowest BCUT2D eigenvalue weighted by molar-refractivity contribution is -0.134. The molecule has 6 heteroatoms. The molecule has 0 spiro atoms. The zero-order chi connectivity index (χ0) is 19.9. The number of aliphatic hydroxyl groups excluding tert-OH is 1. The molecule has 0 amide bonds. The molecule has 0 saturated carbocycles. The highest BCUT2D eigenvalue weighted by Crippen LogP contribution is 2.36. The Kier molecular flexibility index (Phi) is 6.90. The first-order chi connectivity index (χ1) is 13.5. The van der Waals surface area contributed by atoms with Crippen LogP contribution in [0.25, 0.3) is 0 Å². The lowest BCUT2D eigenvalue weighted by Crippen LogP contribution is -2.34. The molecule has 2 aromatic rings. The van der Waals surface area contributed by atoms with E-state index in [4.69, 9.17) is 19.4 Å². The second kappa shape index (κ2) is 9.57. The first-order valence-corrected chi connectivity index (χ1v) is 9.60. The molecule has 3 atom stereocenters. The molecule has 0 aromatic heterocycles. The lowest BCUT2D eigenvalue weighted by Gasteiger charge is -2.20. The van der Waals surface area contributed by atoms with Gasteiger partial charge in [-0.3, -0.25) is 4.79 Å². The topological polar surface area (TPSA) is 88.0 Å². The van der Waals surface area contributed by atoms with Crippen LogP contribution in [0.2, 0.25) is 0 Å². The number of carboxylic acids is 1. The Hall–Kier alpha value is -2.57. The molecule has 2 aliphatic heterocycles. The van der Waals surface area contributed by atoms with Crippen LogP contribution in [-0.4, -0.2) is 35.1 Å². The number of carbonyl (C=O) groups is 1. The summed E-state index contributed by atoms with van der Waals surface area (Å²) >= 11 is 0. The normalized spacial score (nSPS) is 20.9. The molecule has 0 aliphatic carbocycles. The van der Waals surface area contributed by atoms with E-state index >= 15 is 0 Å². The average Bonchev–Trinajstić information content (AvgIpc) is 3.35. The van der Waals surface area contributed by atoms with Crippen molar-refractivity contribution in [2.45, 2.75) is 50.8 Å². The second-order valence-electron chi connectivity index (χ2n) is 7.15. The maximum atomic E-state index is 10.7. The molecule has 150 valence electrons. The van der Waals surface area contributed by atoms with Crippen LogP contribution in [0, 0.1) is 0 Å². The molecule has 0 radical (unpaired) electrons. The van der Waals surface area contributed by atoms with Crippen molar-refractivity contribution in [2.75, 3.05) is 6.79 Å². The highest BCUT2D eigenvalue weighted by molar-refractivity contribution is 5.62. The number of benzene rings is 2. The molecule has 6 nitrogen and oxygen atoms in total. The fourth-order valence-electron chi connectivity index (χ4n) is 3.64. The van der Waals surface area contributed by atoms with E-state index in [2.05, 4.69) is 35.6 Å². The quantitative estimate of drug-likeness (QED) is 0.732. The Morgan fingerprint density at radius 2 is 1.86 bits per heavy atom. The van der Waals surface area contributed by atoms with Gasteiger partial charge in [0, 0.05) is 19.0 Å². The van der Waals surface area contributed by atoms with E-state index < -0.39 is 12.1 Å². The Bertz CT molecular complexity index is 776. The van der Waals surface area contributed by atoms with Crippen molar-refractivity contribution in [2.24, 2.45) is 0 Å². The number of carboxylic acid groups (broad SMARTS) is 1. The van der Waals surface area contributed by atoms with Crippen LogP contribution < -0.4 is 14.8 Å². The van der Waals surface area contributed by atoms with Gasteiger partial charge in [0.15, 0.2) is 11.5 Å². The van der Waals surface area contributed by atoms with Crippen molar-refractivity contribution in [3.8, 4) is 11.5 Å². The van der Waals surface area contributed by atoms with E-state index in [0.29, 0.717) is 6.04 Å². The summed E-state index contributed by atoms with van der Waals surface area (Å²) in [4.78, 5) is 9.00. The number of aliphatic hydroxyl groups is 1. The number of hydrogen-bond donors (Lipinski definition) is 3. The number of fused-ring (bicyclic) bond motifs is 1. The van der Waals surface area contributed by atoms with Gasteiger partial charge < -0.3 is 25.0 Å². The van der Waals surface area contributed by atoms with E-state index in [1.54, 1.807) is 0 Å². The maximum Gasteiger partial charge on any atom is 0.300 e. The van der Waals surface area contributed by atoms with Crippen molar-refractivity contribution in [1.29, 1.82) is 0 Å². The third-order valence-corrected chi connectivity index (χ3v) is 5.02. The van der Waals surface area contributed by atoms with E-state index in [1.807, 2.05) is 18.2 Å². The van der Waals surface area contributed by atoms with Gasteiger partial charge >= 0.3 is 0 Å². The summed E-state index contributed by atoms with van der Waals surface area (Å²) in [5.41, 5.74) is 2.26. The van der Waals surface area contributed by atoms with Crippen molar-refractivity contribution in [3.63, 3.8) is 0 Å². The van der Waals surface area contributed by atoms with Crippen LogP contribution in [0.5, 0.6) is 11.5 Å². The van der Waals surface area contributed by atoms with Gasteiger partial charge in [0.2, 0.25) is 6.79 Å². The summed E-state index contributed by atoms with van der Waals surface area (Å²) < 4.78 is 10.7. The number of ether oxygens (including phenoxy) is 2. The third-order valence-electron chi connectivity index (χ3n) is 5.02. The highest BCUT2D eigenvalue weighted by atomic mass is 16.7. The molecule has 1 saturated heterocycles. The standard InChI is InChI=1S/C20H23NO3.C2H4O2/c22-20(15-7-11-18-19(12-15)24-13-23-18)17-10-9-16(21-17)8-6-14-4-2-1-3-5-14;1-2(3)4/h1-5,7,11-12,16-17,20-22H,6,8-10,13H2;1H3,(H,3,4). The second-order valence-corrected chi connectivity index (χ2v) is 7.15. The summed E-state index contributed by atoms with van der Waals surface area (Å²) in [6.45, 7) is 1.35. The minimum atomic E-state index is -0.833. The van der Waals surface area contributed by atoms with Crippen LogP contribution in [0.3, 0.4) is 0 Å². The van der Waals surface area contributed by atoms with Gasteiger partial charge in [-0.25, -0.2) is 0 Å². The fraction of sp³-hybridized carbons (Fsp3) is 0.409. The summed E-state index contributed by atoms with van der Waals surface area (Å²) in [5, 5.41) is 21.7. The first kappa shape index (κ1) is 20.2. The Balaban J connectivity index is 0.000000516. The zero-order valence-corrected chi connectivity index (χ0v) is 16.0. The van der Waals surface area contributed by atoms with Gasteiger partial charge in [-0.2, -0.15) is 0 Å². The average molecular weight is 385 g/mol. The van der Waals surface area contributed by atoms with Crippen LogP contribution >= 0.6 is 0 Å². The molecule has 2 aromatic carbocycles. The summed E-state index contributed by atoms with van der Waals surface area (Å²) in [6.07, 6.45) is 3.77. The van der Waals surface area contributed by atoms with E-state index in [0.717, 1.165) is 49.7 Å².